The number of hydrogen-bond donors (Lipinski definition) is 2. The standard InChI is InChI=1S/C14H18N4OS/c1-18(7-8-20-2)13-9-11(14(15)17-19)10-5-3-4-6-12(10)16-13/h3-6,9,19H,7-8H2,1-2H3,(H2,15,17). The first-order valence-electron chi connectivity index (χ1n) is 6.25. The summed E-state index contributed by atoms with van der Waals surface area (Å²) in [6, 6.07) is 9.54. The van der Waals surface area contributed by atoms with E-state index in [0.717, 1.165) is 29.0 Å². The Kier molecular flexibility index (Phi) is 4.68. The SMILES string of the molecule is CSCCN(C)c1cc(/C(N)=N/O)c2ccccc2n1. The third-order valence-electron chi connectivity index (χ3n) is 3.11. The number of para-hydroxylation sites is 1. The van der Waals surface area contributed by atoms with Gasteiger partial charge in [0.25, 0.3) is 0 Å². The van der Waals surface area contributed by atoms with Crippen LogP contribution in [-0.2, 0) is 0 Å². The average molecular weight is 290 g/mol. The lowest BCUT2D eigenvalue weighted by Crippen LogP contribution is -2.22. The second-order valence-corrected chi connectivity index (χ2v) is 5.43. The van der Waals surface area contributed by atoms with Crippen molar-refractivity contribution in [2.24, 2.45) is 10.9 Å². The fourth-order valence-corrected chi connectivity index (χ4v) is 2.42. The molecular formula is C14H18N4OS. The lowest BCUT2D eigenvalue weighted by molar-refractivity contribution is 0.318. The van der Waals surface area contributed by atoms with Crippen molar-refractivity contribution in [1.29, 1.82) is 0 Å². The number of aromatic nitrogens is 1. The first kappa shape index (κ1) is 14.5. The van der Waals surface area contributed by atoms with Gasteiger partial charge in [0.15, 0.2) is 5.84 Å². The molecule has 0 bridgehead atoms. The zero-order chi connectivity index (χ0) is 14.5. The largest absolute Gasteiger partial charge is 0.409 e. The lowest BCUT2D eigenvalue weighted by atomic mass is 10.1. The minimum Gasteiger partial charge on any atom is -0.409 e. The van der Waals surface area contributed by atoms with E-state index in [4.69, 9.17) is 10.9 Å². The minimum atomic E-state index is 0.100. The maximum absolute atomic E-state index is 8.94. The van der Waals surface area contributed by atoms with Crippen molar-refractivity contribution in [3.05, 3.63) is 35.9 Å². The number of hydrogen-bond acceptors (Lipinski definition) is 5. The highest BCUT2D eigenvalue weighted by atomic mass is 32.2. The van der Waals surface area contributed by atoms with Crippen LogP contribution in [0.2, 0.25) is 0 Å². The third kappa shape index (κ3) is 2.96. The molecule has 0 aliphatic rings. The summed E-state index contributed by atoms with van der Waals surface area (Å²) >= 11 is 1.79. The number of rotatable bonds is 5. The quantitative estimate of drug-likeness (QED) is 0.382. The molecule has 0 atom stereocenters. The Morgan fingerprint density at radius 3 is 2.90 bits per heavy atom. The zero-order valence-electron chi connectivity index (χ0n) is 11.6. The van der Waals surface area contributed by atoms with E-state index in [1.807, 2.05) is 37.4 Å². The highest BCUT2D eigenvalue weighted by Gasteiger charge is 2.11. The molecule has 1 aromatic carbocycles. The number of nitrogens with zero attached hydrogens (tertiary/aromatic N) is 3. The summed E-state index contributed by atoms with van der Waals surface area (Å²) in [5.74, 6) is 1.94. The van der Waals surface area contributed by atoms with E-state index in [-0.39, 0.29) is 5.84 Å². The molecular weight excluding hydrogens is 272 g/mol. The van der Waals surface area contributed by atoms with Gasteiger partial charge in [-0.15, -0.1) is 0 Å². The van der Waals surface area contributed by atoms with Crippen molar-refractivity contribution in [2.45, 2.75) is 0 Å². The van der Waals surface area contributed by atoms with Crippen molar-refractivity contribution in [2.75, 3.05) is 30.5 Å². The van der Waals surface area contributed by atoms with Crippen LogP contribution in [0.4, 0.5) is 5.82 Å². The maximum Gasteiger partial charge on any atom is 0.170 e. The number of pyridine rings is 1. The van der Waals surface area contributed by atoms with Crippen LogP contribution in [0.3, 0.4) is 0 Å². The molecule has 3 N–H and O–H groups in total. The van der Waals surface area contributed by atoms with Crippen molar-refractivity contribution >= 4 is 34.3 Å². The predicted octanol–water partition coefficient (Wildman–Crippen LogP) is 2.13. The Morgan fingerprint density at radius 2 is 2.20 bits per heavy atom. The van der Waals surface area contributed by atoms with E-state index in [9.17, 15) is 0 Å². The van der Waals surface area contributed by atoms with Gasteiger partial charge in [0.05, 0.1) is 5.52 Å². The Hall–Kier alpha value is -1.95. The van der Waals surface area contributed by atoms with Gasteiger partial charge < -0.3 is 15.8 Å². The van der Waals surface area contributed by atoms with Gasteiger partial charge in [-0.3, -0.25) is 0 Å². The van der Waals surface area contributed by atoms with Gasteiger partial charge in [0.1, 0.15) is 5.82 Å². The van der Waals surface area contributed by atoms with Crippen LogP contribution in [0, 0.1) is 0 Å². The van der Waals surface area contributed by atoms with Crippen LogP contribution in [0.1, 0.15) is 5.56 Å². The molecule has 1 aromatic heterocycles. The Morgan fingerprint density at radius 1 is 1.45 bits per heavy atom. The molecule has 6 heteroatoms. The molecule has 0 amide bonds. The number of thioether (sulfide) groups is 1. The molecule has 0 fully saturated rings. The number of nitrogens with two attached hydrogens (primary N) is 1. The van der Waals surface area contributed by atoms with Gasteiger partial charge in [-0.1, -0.05) is 23.4 Å². The van der Waals surface area contributed by atoms with E-state index in [1.165, 1.54) is 0 Å². The van der Waals surface area contributed by atoms with Crippen LogP contribution < -0.4 is 10.6 Å². The van der Waals surface area contributed by atoms with Crippen LogP contribution in [0.25, 0.3) is 10.9 Å². The van der Waals surface area contributed by atoms with Gasteiger partial charge in [-0.2, -0.15) is 11.8 Å². The number of amidine groups is 1. The van der Waals surface area contributed by atoms with E-state index in [0.29, 0.717) is 5.56 Å². The summed E-state index contributed by atoms with van der Waals surface area (Å²) < 4.78 is 0. The molecule has 0 unspecified atom stereocenters. The molecule has 0 radical (unpaired) electrons. The van der Waals surface area contributed by atoms with Gasteiger partial charge in [-0.25, -0.2) is 4.98 Å². The number of oxime groups is 1. The minimum absolute atomic E-state index is 0.100. The third-order valence-corrected chi connectivity index (χ3v) is 3.70. The maximum atomic E-state index is 8.94. The van der Waals surface area contributed by atoms with Gasteiger partial charge in [0.2, 0.25) is 0 Å². The molecule has 0 aliphatic heterocycles. The molecule has 1 heterocycles. The lowest BCUT2D eigenvalue weighted by Gasteiger charge is -2.19. The second kappa shape index (κ2) is 6.47. The van der Waals surface area contributed by atoms with Crippen molar-refractivity contribution in [3.63, 3.8) is 0 Å². The van der Waals surface area contributed by atoms with Gasteiger partial charge in [0, 0.05) is 30.3 Å². The first-order valence-corrected chi connectivity index (χ1v) is 7.64. The van der Waals surface area contributed by atoms with Crippen molar-refractivity contribution in [1.82, 2.24) is 4.98 Å². The summed E-state index contributed by atoms with van der Waals surface area (Å²) in [5.41, 5.74) is 7.31. The Bertz CT molecular complexity index is 630. The monoisotopic (exact) mass is 290 g/mol. The molecule has 0 spiro atoms. The zero-order valence-corrected chi connectivity index (χ0v) is 12.4. The number of anilines is 1. The second-order valence-electron chi connectivity index (χ2n) is 4.44. The highest BCUT2D eigenvalue weighted by Crippen LogP contribution is 2.22. The summed E-state index contributed by atoms with van der Waals surface area (Å²) in [7, 11) is 1.99. The average Bonchev–Trinajstić information content (AvgIpc) is 2.50. The van der Waals surface area contributed by atoms with Crippen molar-refractivity contribution < 1.29 is 5.21 Å². The Labute approximate surface area is 122 Å². The van der Waals surface area contributed by atoms with E-state index in [1.54, 1.807) is 11.8 Å². The van der Waals surface area contributed by atoms with Crippen LogP contribution >= 0.6 is 11.8 Å². The van der Waals surface area contributed by atoms with E-state index in [2.05, 4.69) is 21.3 Å². The number of benzene rings is 1. The van der Waals surface area contributed by atoms with Crippen LogP contribution in [-0.4, -0.2) is 41.6 Å². The topological polar surface area (TPSA) is 74.7 Å². The molecule has 2 rings (SSSR count). The van der Waals surface area contributed by atoms with Crippen molar-refractivity contribution in [3.8, 4) is 0 Å². The highest BCUT2D eigenvalue weighted by molar-refractivity contribution is 7.98. The Balaban J connectivity index is 2.52. The molecule has 0 aliphatic carbocycles. The summed E-state index contributed by atoms with van der Waals surface area (Å²) in [5, 5.41) is 12.9. The van der Waals surface area contributed by atoms with Crippen LogP contribution in [0.15, 0.2) is 35.5 Å². The molecule has 2 aromatic rings. The fourth-order valence-electron chi connectivity index (χ4n) is 1.97. The predicted molar refractivity (Wildman–Crippen MR) is 85.9 cm³/mol. The van der Waals surface area contributed by atoms with Gasteiger partial charge >= 0.3 is 0 Å². The molecule has 106 valence electrons. The summed E-state index contributed by atoms with van der Waals surface area (Å²) in [4.78, 5) is 6.70. The molecule has 20 heavy (non-hydrogen) atoms. The molecule has 0 saturated carbocycles. The van der Waals surface area contributed by atoms with E-state index < -0.39 is 0 Å². The number of fused-ring (bicyclic) bond motifs is 1. The molecule has 0 saturated heterocycles. The van der Waals surface area contributed by atoms with E-state index >= 15 is 0 Å². The van der Waals surface area contributed by atoms with Gasteiger partial charge in [-0.05, 0) is 18.4 Å². The summed E-state index contributed by atoms with van der Waals surface area (Å²) in [6.07, 6.45) is 2.07. The fraction of sp³-hybridized carbons (Fsp3) is 0.286. The first-order chi connectivity index (χ1) is 9.67. The summed E-state index contributed by atoms with van der Waals surface area (Å²) in [6.45, 7) is 0.891. The normalized spacial score (nSPS) is 11.8. The smallest absolute Gasteiger partial charge is 0.170 e. The van der Waals surface area contributed by atoms with Crippen LogP contribution in [0.5, 0.6) is 0 Å². The molecule has 5 nitrogen and oxygen atoms in total.